The summed E-state index contributed by atoms with van der Waals surface area (Å²) in [6.45, 7) is 0. The summed E-state index contributed by atoms with van der Waals surface area (Å²) in [6.07, 6.45) is 0. The molecule has 0 amide bonds. The monoisotopic (exact) mass is 114 g/mol. The van der Waals surface area contributed by atoms with Crippen molar-refractivity contribution in [2.45, 2.75) is 0 Å². The van der Waals surface area contributed by atoms with E-state index in [1.54, 1.807) is 0 Å². The van der Waals surface area contributed by atoms with E-state index in [-0.39, 0.29) is 13.5 Å². The standard InChI is InChI=1S/CHClO2.H2S/c2-1(3)4;/h(H,3,4);1H2. The molecule has 4 heteroatoms. The molecule has 0 aliphatic carbocycles. The zero-order valence-corrected chi connectivity index (χ0v) is 3.99. The van der Waals surface area contributed by atoms with E-state index < -0.39 is 5.43 Å². The van der Waals surface area contributed by atoms with Gasteiger partial charge in [-0.3, -0.25) is 0 Å². The maximum absolute atomic E-state index is 8.77. The SMILES string of the molecule is O=C(O)Cl.S. The maximum atomic E-state index is 8.77. The molecule has 0 atom stereocenters. The van der Waals surface area contributed by atoms with Gasteiger partial charge in [0.1, 0.15) is 0 Å². The van der Waals surface area contributed by atoms with Crippen molar-refractivity contribution in [1.29, 1.82) is 0 Å². The maximum Gasteiger partial charge on any atom is 0.401 e. The van der Waals surface area contributed by atoms with Crippen LogP contribution in [0.3, 0.4) is 0 Å². The van der Waals surface area contributed by atoms with E-state index in [2.05, 4.69) is 11.6 Å². The molecule has 0 radical (unpaired) electrons. The average molecular weight is 115 g/mol. The van der Waals surface area contributed by atoms with Crippen molar-refractivity contribution >= 4 is 30.5 Å². The van der Waals surface area contributed by atoms with Crippen LogP contribution in [-0.2, 0) is 0 Å². The Morgan fingerprint density at radius 3 is 1.80 bits per heavy atom. The van der Waals surface area contributed by atoms with Gasteiger partial charge in [-0.05, 0) is 0 Å². The van der Waals surface area contributed by atoms with Crippen LogP contribution in [0.15, 0.2) is 0 Å². The zero-order chi connectivity index (χ0) is 3.58. The van der Waals surface area contributed by atoms with Crippen molar-refractivity contribution in [3.05, 3.63) is 0 Å². The fourth-order valence-electron chi connectivity index (χ4n) is 0. The highest BCUT2D eigenvalue weighted by atomic mass is 35.5. The van der Waals surface area contributed by atoms with Crippen LogP contribution in [0.2, 0.25) is 0 Å². The first-order valence-electron chi connectivity index (χ1n) is 0.617. The Labute approximate surface area is 41.2 Å². The molecule has 0 spiro atoms. The van der Waals surface area contributed by atoms with Gasteiger partial charge in [-0.1, -0.05) is 0 Å². The highest BCUT2D eigenvalue weighted by Crippen LogP contribution is 1.67. The summed E-state index contributed by atoms with van der Waals surface area (Å²) in [4.78, 5) is 8.77. The average Bonchev–Trinajstić information content (AvgIpc) is 0.811. The van der Waals surface area contributed by atoms with Gasteiger partial charge >= 0.3 is 5.43 Å². The summed E-state index contributed by atoms with van der Waals surface area (Å²) in [5, 5.41) is 7.18. The molecule has 0 aromatic heterocycles. The van der Waals surface area contributed by atoms with Gasteiger partial charge in [0.15, 0.2) is 0 Å². The summed E-state index contributed by atoms with van der Waals surface area (Å²) in [5.41, 5.74) is -1.36. The fourth-order valence-corrected chi connectivity index (χ4v) is 0. The number of rotatable bonds is 0. The zero-order valence-electron chi connectivity index (χ0n) is 2.23. The van der Waals surface area contributed by atoms with E-state index in [9.17, 15) is 0 Å². The van der Waals surface area contributed by atoms with E-state index in [1.807, 2.05) is 0 Å². The molecular weight excluding hydrogens is 112 g/mol. The second-order valence-corrected chi connectivity index (χ2v) is 0.576. The Morgan fingerprint density at radius 2 is 1.80 bits per heavy atom. The van der Waals surface area contributed by atoms with Crippen LogP contribution in [0.1, 0.15) is 0 Å². The van der Waals surface area contributed by atoms with Crippen molar-refractivity contribution < 1.29 is 9.90 Å². The molecule has 0 fully saturated rings. The molecule has 0 heterocycles. The Balaban J connectivity index is 0. The van der Waals surface area contributed by atoms with Crippen molar-refractivity contribution in [3.63, 3.8) is 0 Å². The van der Waals surface area contributed by atoms with Gasteiger partial charge in [0.05, 0.1) is 0 Å². The molecule has 0 unspecified atom stereocenters. The van der Waals surface area contributed by atoms with Crippen LogP contribution >= 0.6 is 25.1 Å². The highest BCUT2D eigenvalue weighted by molar-refractivity contribution is 7.59. The topological polar surface area (TPSA) is 37.3 Å². The van der Waals surface area contributed by atoms with E-state index >= 15 is 0 Å². The van der Waals surface area contributed by atoms with Gasteiger partial charge < -0.3 is 5.11 Å². The highest BCUT2D eigenvalue weighted by Gasteiger charge is 1.71. The molecule has 0 aromatic carbocycles. The van der Waals surface area contributed by atoms with Gasteiger partial charge in [-0.15, -0.1) is 0 Å². The van der Waals surface area contributed by atoms with Crippen LogP contribution in [0, 0.1) is 0 Å². The van der Waals surface area contributed by atoms with Crippen molar-refractivity contribution in [1.82, 2.24) is 0 Å². The summed E-state index contributed by atoms with van der Waals surface area (Å²) in [5.74, 6) is 0. The predicted molar refractivity (Wildman–Crippen MR) is 24.3 cm³/mol. The quantitative estimate of drug-likeness (QED) is 0.478. The lowest BCUT2D eigenvalue weighted by Crippen LogP contribution is -1.66. The minimum Gasteiger partial charge on any atom is -0.469 e. The third kappa shape index (κ3) is 1510. The minimum atomic E-state index is -1.36. The molecule has 0 aliphatic heterocycles. The van der Waals surface area contributed by atoms with Crippen LogP contribution < -0.4 is 0 Å². The molecule has 2 nitrogen and oxygen atoms in total. The summed E-state index contributed by atoms with van der Waals surface area (Å²) in [6, 6.07) is 0. The third-order valence-electron chi connectivity index (χ3n) is 0. The first-order chi connectivity index (χ1) is 1.73. The van der Waals surface area contributed by atoms with Gasteiger partial charge in [0.2, 0.25) is 0 Å². The molecule has 0 rings (SSSR count). The molecule has 0 bridgehead atoms. The third-order valence-corrected chi connectivity index (χ3v) is 0. The lowest BCUT2D eigenvalue weighted by molar-refractivity contribution is 0.220. The first kappa shape index (κ1) is 8.92. The first-order valence-corrected chi connectivity index (χ1v) is 0.995. The molecule has 1 N–H and O–H groups in total. The molecule has 0 aromatic rings. The second-order valence-electron chi connectivity index (χ2n) is 0.253. The number of carboxylic acid groups (broad SMARTS) is 1. The van der Waals surface area contributed by atoms with Crippen LogP contribution in [-0.4, -0.2) is 10.5 Å². The summed E-state index contributed by atoms with van der Waals surface area (Å²) < 4.78 is 0. The van der Waals surface area contributed by atoms with Gasteiger partial charge in [0, 0.05) is 11.6 Å². The van der Waals surface area contributed by atoms with Crippen LogP contribution in [0.4, 0.5) is 4.79 Å². The van der Waals surface area contributed by atoms with Crippen molar-refractivity contribution in [2.24, 2.45) is 0 Å². The molecular formula is CH3ClO2S. The van der Waals surface area contributed by atoms with Gasteiger partial charge in [0.25, 0.3) is 0 Å². The van der Waals surface area contributed by atoms with Crippen LogP contribution in [0.5, 0.6) is 0 Å². The largest absolute Gasteiger partial charge is 0.469 e. The predicted octanol–water partition coefficient (Wildman–Crippen LogP) is 1.02. The van der Waals surface area contributed by atoms with E-state index in [0.717, 1.165) is 0 Å². The fraction of sp³-hybridized carbons (Fsp3) is 0. The Morgan fingerprint density at radius 1 is 1.80 bits per heavy atom. The number of hydrogen-bond donors (Lipinski definition) is 1. The lowest BCUT2D eigenvalue weighted by Gasteiger charge is -1.55. The molecule has 5 heavy (non-hydrogen) atoms. The Kier molecular flexibility index (Phi) is 7.34. The Hall–Kier alpha value is 0.110. The molecule has 32 valence electrons. The van der Waals surface area contributed by atoms with E-state index in [0.29, 0.717) is 0 Å². The number of carbonyl (C=O) groups is 1. The Bertz CT molecular complexity index is 32.6. The van der Waals surface area contributed by atoms with E-state index in [4.69, 9.17) is 9.90 Å². The van der Waals surface area contributed by atoms with Crippen molar-refractivity contribution in [3.8, 4) is 0 Å². The molecule has 0 saturated heterocycles. The number of halogens is 1. The normalized spacial score (nSPS) is 5.00. The number of hydrogen-bond acceptors (Lipinski definition) is 1. The van der Waals surface area contributed by atoms with Gasteiger partial charge in [-0.25, -0.2) is 4.79 Å². The summed E-state index contributed by atoms with van der Waals surface area (Å²) in [7, 11) is 0. The summed E-state index contributed by atoms with van der Waals surface area (Å²) >= 11 is 4.19. The smallest absolute Gasteiger partial charge is 0.401 e. The second kappa shape index (κ2) is 4.11. The van der Waals surface area contributed by atoms with Crippen molar-refractivity contribution in [2.75, 3.05) is 0 Å². The van der Waals surface area contributed by atoms with Gasteiger partial charge in [-0.2, -0.15) is 13.5 Å². The minimum absolute atomic E-state index is 0. The molecule has 0 saturated carbocycles. The van der Waals surface area contributed by atoms with Crippen LogP contribution in [0.25, 0.3) is 0 Å². The van der Waals surface area contributed by atoms with E-state index in [1.165, 1.54) is 0 Å². The molecule has 0 aliphatic rings. The lowest BCUT2D eigenvalue weighted by atomic mass is 11.6.